The summed E-state index contributed by atoms with van der Waals surface area (Å²) in [4.78, 5) is 10.7. The highest BCUT2D eigenvalue weighted by Crippen LogP contribution is 2.32. The fraction of sp³-hybridized carbons (Fsp3) is 0.308. The highest BCUT2D eigenvalue weighted by atomic mass is 19.1. The maximum atomic E-state index is 14.0. The summed E-state index contributed by atoms with van der Waals surface area (Å²) in [6.07, 6.45) is 0.787. The van der Waals surface area contributed by atoms with Crippen LogP contribution in [0.25, 0.3) is 10.9 Å². The van der Waals surface area contributed by atoms with Gasteiger partial charge in [0.15, 0.2) is 11.6 Å². The van der Waals surface area contributed by atoms with Crippen LogP contribution in [0.2, 0.25) is 0 Å². The third-order valence-electron chi connectivity index (χ3n) is 3.14. The van der Waals surface area contributed by atoms with E-state index >= 15 is 0 Å². The van der Waals surface area contributed by atoms with Crippen molar-refractivity contribution in [1.29, 1.82) is 0 Å². The van der Waals surface area contributed by atoms with Crippen molar-refractivity contribution in [2.75, 3.05) is 6.61 Å². The lowest BCUT2D eigenvalue weighted by atomic mass is 10.1. The second-order valence-electron chi connectivity index (χ2n) is 4.10. The van der Waals surface area contributed by atoms with Crippen molar-refractivity contribution in [3.05, 3.63) is 29.2 Å². The number of carbonyl (C=O) groups excluding carboxylic acids is 1. The van der Waals surface area contributed by atoms with Crippen LogP contribution in [-0.2, 0) is 17.8 Å². The van der Waals surface area contributed by atoms with Gasteiger partial charge < -0.3 is 19.6 Å². The Morgan fingerprint density at radius 3 is 2.78 bits per heavy atom. The molecule has 0 spiro atoms. The molecular formula is C13H14FNO3. The number of benzene rings is 1. The molecule has 5 heteroatoms. The first-order valence-corrected chi connectivity index (χ1v) is 5.65. The number of aromatic hydroxyl groups is 1. The molecule has 1 heterocycles. The van der Waals surface area contributed by atoms with E-state index in [1.165, 1.54) is 6.07 Å². The van der Waals surface area contributed by atoms with Crippen LogP contribution < -0.4 is 0 Å². The number of fused-ring (bicyclic) bond motifs is 1. The van der Waals surface area contributed by atoms with Gasteiger partial charge in [-0.25, -0.2) is 4.39 Å². The van der Waals surface area contributed by atoms with Gasteiger partial charge in [0.2, 0.25) is 0 Å². The minimum absolute atomic E-state index is 0.0757. The van der Waals surface area contributed by atoms with Crippen LogP contribution in [0.4, 0.5) is 4.39 Å². The first-order valence-electron chi connectivity index (χ1n) is 5.65. The summed E-state index contributed by atoms with van der Waals surface area (Å²) in [6.45, 7) is 2.02. The average Bonchev–Trinajstić information content (AvgIpc) is 2.61. The van der Waals surface area contributed by atoms with Crippen LogP contribution in [0, 0.1) is 12.7 Å². The number of carbonyl (C=O) groups is 1. The van der Waals surface area contributed by atoms with Crippen LogP contribution in [0.5, 0.6) is 5.75 Å². The van der Waals surface area contributed by atoms with E-state index in [9.17, 15) is 14.3 Å². The normalized spacial score (nSPS) is 11.1. The fourth-order valence-corrected chi connectivity index (χ4v) is 2.31. The van der Waals surface area contributed by atoms with Crippen molar-refractivity contribution in [2.24, 2.45) is 0 Å². The number of nitrogens with zero attached hydrogens (tertiary/aromatic N) is 1. The molecule has 0 amide bonds. The predicted molar refractivity (Wildman–Crippen MR) is 65.2 cm³/mol. The minimum atomic E-state index is -0.718. The van der Waals surface area contributed by atoms with Crippen molar-refractivity contribution in [2.45, 2.75) is 19.9 Å². The Morgan fingerprint density at radius 2 is 2.17 bits per heavy atom. The molecule has 18 heavy (non-hydrogen) atoms. The van der Waals surface area contributed by atoms with Gasteiger partial charge in [-0.2, -0.15) is 0 Å². The fourth-order valence-electron chi connectivity index (χ4n) is 2.31. The molecule has 2 aromatic rings. The molecule has 2 rings (SSSR count). The molecule has 0 bridgehead atoms. The second kappa shape index (κ2) is 4.78. The number of halogens is 1. The number of aliphatic hydroxyl groups is 1. The minimum Gasteiger partial charge on any atom is -0.505 e. The molecule has 1 aromatic carbocycles. The van der Waals surface area contributed by atoms with Crippen molar-refractivity contribution in [3.63, 3.8) is 0 Å². The Kier molecular flexibility index (Phi) is 3.34. The highest BCUT2D eigenvalue weighted by molar-refractivity contribution is 5.89. The van der Waals surface area contributed by atoms with Gasteiger partial charge in [0.05, 0.1) is 12.1 Å². The third-order valence-corrected chi connectivity index (χ3v) is 3.14. The van der Waals surface area contributed by atoms with Crippen LogP contribution >= 0.6 is 0 Å². The number of phenolic OH excluding ortho intramolecular Hbond substituents is 1. The molecule has 0 fully saturated rings. The summed E-state index contributed by atoms with van der Waals surface area (Å²) >= 11 is 0. The summed E-state index contributed by atoms with van der Waals surface area (Å²) in [5.74, 6) is -1.15. The zero-order valence-electron chi connectivity index (χ0n) is 9.98. The van der Waals surface area contributed by atoms with E-state index in [-0.39, 0.29) is 18.4 Å². The molecule has 0 saturated heterocycles. The van der Waals surface area contributed by atoms with Crippen LogP contribution in [0.3, 0.4) is 0 Å². The largest absolute Gasteiger partial charge is 0.505 e. The summed E-state index contributed by atoms with van der Waals surface area (Å²) < 4.78 is 15.7. The number of rotatable bonds is 4. The lowest BCUT2D eigenvalue weighted by Gasteiger charge is -2.05. The molecule has 96 valence electrons. The molecule has 0 atom stereocenters. The monoisotopic (exact) mass is 251 g/mol. The lowest BCUT2D eigenvalue weighted by molar-refractivity contribution is -0.107. The Bertz CT molecular complexity index is 604. The van der Waals surface area contributed by atoms with Gasteiger partial charge in [-0.1, -0.05) is 0 Å². The lowest BCUT2D eigenvalue weighted by Crippen LogP contribution is -2.04. The number of hydrogen-bond acceptors (Lipinski definition) is 3. The van der Waals surface area contributed by atoms with Gasteiger partial charge in [0.1, 0.15) is 6.29 Å². The maximum absolute atomic E-state index is 14.0. The van der Waals surface area contributed by atoms with E-state index in [2.05, 4.69) is 0 Å². The molecule has 0 unspecified atom stereocenters. The second-order valence-corrected chi connectivity index (χ2v) is 4.10. The zero-order chi connectivity index (χ0) is 13.3. The van der Waals surface area contributed by atoms with E-state index in [1.54, 1.807) is 17.6 Å². The summed E-state index contributed by atoms with van der Waals surface area (Å²) in [5.41, 5.74) is 1.87. The predicted octanol–water partition coefficient (Wildman–Crippen LogP) is 1.53. The molecule has 1 aromatic heterocycles. The van der Waals surface area contributed by atoms with Gasteiger partial charge in [0.25, 0.3) is 0 Å². The third kappa shape index (κ3) is 1.76. The first-order chi connectivity index (χ1) is 8.61. The Balaban J connectivity index is 2.83. The zero-order valence-corrected chi connectivity index (χ0v) is 9.98. The van der Waals surface area contributed by atoms with Crippen molar-refractivity contribution >= 4 is 17.2 Å². The van der Waals surface area contributed by atoms with Gasteiger partial charge in [-0.05, 0) is 24.6 Å². The topological polar surface area (TPSA) is 62.5 Å². The molecule has 0 aliphatic heterocycles. The summed E-state index contributed by atoms with van der Waals surface area (Å²) in [5, 5.41) is 18.7. The number of phenols is 1. The van der Waals surface area contributed by atoms with Crippen LogP contribution in [-0.4, -0.2) is 27.7 Å². The van der Waals surface area contributed by atoms with E-state index < -0.39 is 11.6 Å². The molecule has 0 aliphatic rings. The van der Waals surface area contributed by atoms with Crippen LogP contribution in [0.1, 0.15) is 11.3 Å². The standard InChI is InChI=1S/C13H14FNO3/c1-8-9(4-6-16)12-10(15(8)5-7-17)2-3-11(18)13(12)14/h2-3,6,17-18H,4-5,7H2,1H3. The van der Waals surface area contributed by atoms with Gasteiger partial charge in [-0.15, -0.1) is 0 Å². The smallest absolute Gasteiger partial charge is 0.174 e. The number of hydrogen-bond donors (Lipinski definition) is 2. The highest BCUT2D eigenvalue weighted by Gasteiger charge is 2.18. The first kappa shape index (κ1) is 12.6. The Morgan fingerprint density at radius 1 is 1.44 bits per heavy atom. The SMILES string of the molecule is Cc1c(CC=O)c2c(F)c(O)ccc2n1CCO. The number of aliphatic hydroxyl groups excluding tert-OH is 1. The summed E-state index contributed by atoms with van der Waals surface area (Å²) in [6, 6.07) is 2.86. The molecule has 0 aliphatic carbocycles. The molecule has 2 N–H and O–H groups in total. The number of aromatic nitrogens is 1. The van der Waals surface area contributed by atoms with Crippen molar-refractivity contribution in [3.8, 4) is 5.75 Å². The Hall–Kier alpha value is -1.88. The maximum Gasteiger partial charge on any atom is 0.174 e. The summed E-state index contributed by atoms with van der Waals surface area (Å²) in [7, 11) is 0. The van der Waals surface area contributed by atoms with E-state index in [4.69, 9.17) is 5.11 Å². The van der Waals surface area contributed by atoms with Gasteiger partial charge in [0, 0.05) is 24.0 Å². The molecule has 0 saturated carbocycles. The number of aldehydes is 1. The average molecular weight is 251 g/mol. The Labute approximate surface area is 103 Å². The molecular weight excluding hydrogens is 237 g/mol. The van der Waals surface area contributed by atoms with E-state index in [1.807, 2.05) is 0 Å². The molecule has 4 nitrogen and oxygen atoms in total. The van der Waals surface area contributed by atoms with E-state index in [0.717, 1.165) is 5.69 Å². The molecule has 0 radical (unpaired) electrons. The van der Waals surface area contributed by atoms with Gasteiger partial charge >= 0.3 is 0 Å². The van der Waals surface area contributed by atoms with Crippen molar-refractivity contribution < 1.29 is 19.4 Å². The van der Waals surface area contributed by atoms with E-state index in [0.29, 0.717) is 23.9 Å². The quantitative estimate of drug-likeness (QED) is 0.810. The van der Waals surface area contributed by atoms with Crippen LogP contribution in [0.15, 0.2) is 12.1 Å². The van der Waals surface area contributed by atoms with Crippen molar-refractivity contribution in [1.82, 2.24) is 4.57 Å². The van der Waals surface area contributed by atoms with Gasteiger partial charge in [-0.3, -0.25) is 0 Å².